The molecule has 180 valence electrons. The van der Waals surface area contributed by atoms with Crippen LogP contribution in [0.15, 0.2) is 79.5 Å². The van der Waals surface area contributed by atoms with E-state index in [0.717, 1.165) is 27.5 Å². The van der Waals surface area contributed by atoms with Crippen molar-refractivity contribution in [2.75, 3.05) is 11.1 Å². The van der Waals surface area contributed by atoms with Crippen LogP contribution in [0.5, 0.6) is 0 Å². The third-order valence-corrected chi connectivity index (χ3v) is 6.14. The summed E-state index contributed by atoms with van der Waals surface area (Å²) in [7, 11) is 2.00. The number of nitrogens with two attached hydrogens (primary N) is 1. The number of aryl methyl sites for hydroxylation is 1. The fourth-order valence-corrected chi connectivity index (χ4v) is 4.41. The number of carboxylic acids is 1. The van der Waals surface area contributed by atoms with E-state index < -0.39 is 5.97 Å². The number of hydrogen-bond donors (Lipinski definition) is 3. The van der Waals surface area contributed by atoms with Crippen molar-refractivity contribution >= 4 is 45.2 Å². The van der Waals surface area contributed by atoms with Gasteiger partial charge >= 0.3 is 5.97 Å². The number of hydrogen-bond acceptors (Lipinski definition) is 8. The Balaban J connectivity index is 1.54. The molecule has 6 rings (SSSR count). The quantitative estimate of drug-likeness (QED) is 0.315. The topological polar surface area (TPSA) is 145 Å². The molecule has 0 amide bonds. The summed E-state index contributed by atoms with van der Waals surface area (Å²) in [6.07, 6.45) is 8.22. The molecular formula is C27H20N8O2. The summed E-state index contributed by atoms with van der Waals surface area (Å²) >= 11 is 0. The average molecular weight is 489 g/mol. The molecular weight excluding hydrogens is 468 g/mol. The van der Waals surface area contributed by atoms with Crippen molar-refractivity contribution in [3.8, 4) is 22.5 Å². The second kappa shape index (κ2) is 8.68. The minimum Gasteiger partial charge on any atom is -0.478 e. The summed E-state index contributed by atoms with van der Waals surface area (Å²) in [5.41, 5.74) is 11.7. The molecule has 0 fully saturated rings. The lowest BCUT2D eigenvalue weighted by atomic mass is 10.0. The van der Waals surface area contributed by atoms with Crippen molar-refractivity contribution in [3.05, 3.63) is 85.1 Å². The molecule has 0 saturated heterocycles. The van der Waals surface area contributed by atoms with Crippen molar-refractivity contribution < 1.29 is 9.90 Å². The predicted molar refractivity (Wildman–Crippen MR) is 141 cm³/mol. The number of nitrogen functional groups attached to an aromatic ring is 1. The van der Waals surface area contributed by atoms with Crippen molar-refractivity contribution in [3.63, 3.8) is 0 Å². The van der Waals surface area contributed by atoms with Gasteiger partial charge in [0, 0.05) is 54.8 Å². The van der Waals surface area contributed by atoms with E-state index in [-0.39, 0.29) is 17.2 Å². The number of pyridine rings is 1. The maximum Gasteiger partial charge on any atom is 0.337 e. The first-order chi connectivity index (χ1) is 18.0. The van der Waals surface area contributed by atoms with Crippen molar-refractivity contribution in [1.29, 1.82) is 0 Å². The van der Waals surface area contributed by atoms with Crippen LogP contribution >= 0.6 is 0 Å². The Morgan fingerprint density at radius 3 is 2.62 bits per heavy atom. The van der Waals surface area contributed by atoms with Crippen LogP contribution in [-0.4, -0.2) is 40.6 Å². The molecule has 0 aliphatic carbocycles. The number of benzene rings is 2. The monoisotopic (exact) mass is 488 g/mol. The van der Waals surface area contributed by atoms with Gasteiger partial charge in [-0.05, 0) is 47.3 Å². The Morgan fingerprint density at radius 2 is 1.78 bits per heavy atom. The Kier molecular flexibility index (Phi) is 5.19. The number of carbonyl (C=O) groups is 1. The molecule has 0 spiro atoms. The average Bonchev–Trinajstić information content (AvgIpc) is 3.28. The lowest BCUT2D eigenvalue weighted by molar-refractivity contribution is 0.0698. The number of anilines is 3. The summed E-state index contributed by atoms with van der Waals surface area (Å²) in [6, 6.07) is 15.1. The second-order valence-corrected chi connectivity index (χ2v) is 8.46. The molecule has 0 unspecified atom stereocenters. The van der Waals surface area contributed by atoms with Crippen LogP contribution in [-0.2, 0) is 7.05 Å². The molecule has 10 heteroatoms. The minimum absolute atomic E-state index is 0.0354. The Morgan fingerprint density at radius 1 is 0.946 bits per heavy atom. The number of nitrogens with one attached hydrogen (secondary N) is 1. The van der Waals surface area contributed by atoms with Crippen molar-refractivity contribution in [2.45, 2.75) is 0 Å². The van der Waals surface area contributed by atoms with Gasteiger partial charge in [-0.15, -0.1) is 0 Å². The lowest BCUT2D eigenvalue weighted by Crippen LogP contribution is -2.07. The molecule has 6 aromatic rings. The van der Waals surface area contributed by atoms with Crippen molar-refractivity contribution in [1.82, 2.24) is 29.5 Å². The van der Waals surface area contributed by atoms with E-state index in [4.69, 9.17) is 5.73 Å². The third kappa shape index (κ3) is 3.96. The minimum atomic E-state index is -1.11. The Labute approximate surface area is 210 Å². The first-order valence-electron chi connectivity index (χ1n) is 11.4. The number of aromatic carboxylic acids is 1. The summed E-state index contributed by atoms with van der Waals surface area (Å²) < 4.78 is 2.06. The van der Waals surface area contributed by atoms with E-state index in [9.17, 15) is 9.90 Å². The number of rotatable bonds is 5. The highest BCUT2D eigenvalue weighted by atomic mass is 16.4. The summed E-state index contributed by atoms with van der Waals surface area (Å²) in [4.78, 5) is 33.8. The highest BCUT2D eigenvalue weighted by Crippen LogP contribution is 2.36. The molecule has 2 aromatic carbocycles. The van der Waals surface area contributed by atoms with E-state index in [2.05, 4.69) is 53.0 Å². The first kappa shape index (κ1) is 22.1. The highest BCUT2D eigenvalue weighted by molar-refractivity contribution is 6.01. The highest BCUT2D eigenvalue weighted by Gasteiger charge is 2.19. The van der Waals surface area contributed by atoms with Gasteiger partial charge in [-0.25, -0.2) is 14.8 Å². The number of nitrogens with zero attached hydrogens (tertiary/aromatic N) is 6. The van der Waals surface area contributed by atoms with E-state index in [0.29, 0.717) is 22.6 Å². The van der Waals surface area contributed by atoms with Gasteiger partial charge in [-0.1, -0.05) is 12.1 Å². The standard InChI is InChI=1S/C27H20N8O2/c1-35-11-6-15-2-3-16(12-22(15)35)19-13-17(14-21-23(19)31-10-9-29-21)33-24-18(26(36)37)4-7-30-25(24)20-5-8-32-27(28)34-20/h2-14,33H,1H3,(H,36,37)(H2,28,32,34). The maximum atomic E-state index is 12.1. The van der Waals surface area contributed by atoms with Gasteiger partial charge in [0.15, 0.2) is 0 Å². The molecule has 0 bridgehead atoms. The van der Waals surface area contributed by atoms with Crippen LogP contribution in [0.1, 0.15) is 10.4 Å². The third-order valence-electron chi connectivity index (χ3n) is 6.14. The lowest BCUT2D eigenvalue weighted by Gasteiger charge is -2.16. The number of fused-ring (bicyclic) bond motifs is 2. The van der Waals surface area contributed by atoms with Crippen LogP contribution in [0.4, 0.5) is 17.3 Å². The van der Waals surface area contributed by atoms with Crippen LogP contribution < -0.4 is 11.1 Å². The van der Waals surface area contributed by atoms with Crippen molar-refractivity contribution in [2.24, 2.45) is 7.05 Å². The van der Waals surface area contributed by atoms with Gasteiger partial charge < -0.3 is 20.7 Å². The summed E-state index contributed by atoms with van der Waals surface area (Å²) in [5, 5.41) is 14.3. The molecule has 37 heavy (non-hydrogen) atoms. The summed E-state index contributed by atoms with van der Waals surface area (Å²) in [6.45, 7) is 0. The van der Waals surface area contributed by atoms with Gasteiger partial charge in [0.25, 0.3) is 0 Å². The second-order valence-electron chi connectivity index (χ2n) is 8.46. The first-order valence-corrected chi connectivity index (χ1v) is 11.4. The zero-order chi connectivity index (χ0) is 25.5. The molecule has 10 nitrogen and oxygen atoms in total. The fraction of sp³-hybridized carbons (Fsp3) is 0.0370. The van der Waals surface area contributed by atoms with Crippen LogP contribution in [0.25, 0.3) is 44.5 Å². The van der Waals surface area contributed by atoms with E-state index >= 15 is 0 Å². The molecule has 4 N–H and O–H groups in total. The normalized spacial score (nSPS) is 11.2. The SMILES string of the molecule is Cn1ccc2ccc(-c3cc(Nc4c(C(=O)O)ccnc4-c4ccnc(N)n4)cc4nccnc34)cc21. The molecule has 4 heterocycles. The molecule has 0 atom stereocenters. The largest absolute Gasteiger partial charge is 0.478 e. The smallest absolute Gasteiger partial charge is 0.337 e. The number of aromatic nitrogens is 6. The van der Waals surface area contributed by atoms with Crippen LogP contribution in [0.2, 0.25) is 0 Å². The van der Waals surface area contributed by atoms with E-state index in [1.165, 1.54) is 18.5 Å². The molecule has 4 aromatic heterocycles. The molecule has 0 radical (unpaired) electrons. The molecule has 0 saturated carbocycles. The van der Waals surface area contributed by atoms with Gasteiger partial charge in [0.05, 0.1) is 28.0 Å². The van der Waals surface area contributed by atoms with Gasteiger partial charge in [0.1, 0.15) is 5.69 Å². The zero-order valence-electron chi connectivity index (χ0n) is 19.6. The molecule has 0 aliphatic rings. The van der Waals surface area contributed by atoms with Crippen LogP contribution in [0.3, 0.4) is 0 Å². The zero-order valence-corrected chi connectivity index (χ0v) is 19.6. The van der Waals surface area contributed by atoms with Crippen LogP contribution in [0, 0.1) is 0 Å². The predicted octanol–water partition coefficient (Wildman–Crippen LogP) is 4.66. The van der Waals surface area contributed by atoms with Gasteiger partial charge in [-0.2, -0.15) is 0 Å². The summed E-state index contributed by atoms with van der Waals surface area (Å²) in [5.74, 6) is -1.05. The van der Waals surface area contributed by atoms with E-state index in [1.54, 1.807) is 18.5 Å². The number of carboxylic acid groups (broad SMARTS) is 1. The van der Waals surface area contributed by atoms with Gasteiger partial charge in [0.2, 0.25) is 5.95 Å². The molecule has 0 aliphatic heterocycles. The Hall–Kier alpha value is -5.38. The van der Waals surface area contributed by atoms with E-state index in [1.807, 2.05) is 31.4 Å². The Bertz CT molecular complexity index is 1830. The maximum absolute atomic E-state index is 12.1. The van der Waals surface area contributed by atoms with Gasteiger partial charge in [-0.3, -0.25) is 15.0 Å². The fourth-order valence-electron chi connectivity index (χ4n) is 4.41.